The fraction of sp³-hybridized carbons (Fsp3) is 0.545. The van der Waals surface area contributed by atoms with Gasteiger partial charge in [-0.2, -0.15) is 0 Å². The second kappa shape index (κ2) is 6.39. The molecule has 0 aliphatic heterocycles. The fourth-order valence-electron chi connectivity index (χ4n) is 1.45. The Balaban J connectivity index is 2.70. The van der Waals surface area contributed by atoms with Crippen LogP contribution in [0.1, 0.15) is 31.7 Å². The smallest absolute Gasteiger partial charge is 0.221 e. The van der Waals surface area contributed by atoms with Gasteiger partial charge < -0.3 is 10.6 Å². The van der Waals surface area contributed by atoms with Crippen LogP contribution in [0.3, 0.4) is 0 Å². The van der Waals surface area contributed by atoms with Crippen LogP contribution in [0.25, 0.3) is 0 Å². The number of aromatic nitrogens is 2. The van der Waals surface area contributed by atoms with Gasteiger partial charge >= 0.3 is 0 Å². The lowest BCUT2D eigenvalue weighted by atomic mass is 10.1. The molecule has 0 radical (unpaired) electrons. The molecular weight excluding hydrogens is 240 g/mol. The van der Waals surface area contributed by atoms with E-state index in [1.165, 1.54) is 6.33 Å². The second-order valence-electron chi connectivity index (χ2n) is 3.93. The summed E-state index contributed by atoms with van der Waals surface area (Å²) in [7, 11) is 1.61. The molecule has 1 aromatic heterocycles. The Hall–Kier alpha value is -1.36. The second-order valence-corrected chi connectivity index (χ2v) is 4.29. The normalized spacial score (nSPS) is 10.4. The first-order valence-corrected chi connectivity index (χ1v) is 5.89. The van der Waals surface area contributed by atoms with Gasteiger partial charge in [-0.3, -0.25) is 4.79 Å². The van der Waals surface area contributed by atoms with Crippen LogP contribution < -0.4 is 10.6 Å². The van der Waals surface area contributed by atoms with E-state index < -0.39 is 0 Å². The monoisotopic (exact) mass is 256 g/mol. The van der Waals surface area contributed by atoms with Gasteiger partial charge in [-0.1, -0.05) is 25.4 Å². The summed E-state index contributed by atoms with van der Waals surface area (Å²) in [5.74, 6) is 0.916. The molecule has 0 bridgehead atoms. The maximum Gasteiger partial charge on any atom is 0.221 e. The first-order chi connectivity index (χ1) is 8.06. The van der Waals surface area contributed by atoms with Crippen LogP contribution in [0.2, 0.25) is 5.15 Å². The third kappa shape index (κ3) is 3.85. The minimum atomic E-state index is -0.0104. The summed E-state index contributed by atoms with van der Waals surface area (Å²) in [6.45, 7) is 4.57. The quantitative estimate of drug-likeness (QED) is 0.789. The van der Waals surface area contributed by atoms with Crippen molar-refractivity contribution >= 4 is 23.3 Å². The molecule has 5 nitrogen and oxygen atoms in total. The van der Waals surface area contributed by atoms with Gasteiger partial charge in [-0.15, -0.1) is 0 Å². The molecule has 94 valence electrons. The highest BCUT2D eigenvalue weighted by molar-refractivity contribution is 6.30. The molecule has 1 amide bonds. The van der Waals surface area contributed by atoms with Crippen molar-refractivity contribution in [2.75, 3.05) is 18.9 Å². The molecular formula is C11H17ClN4O. The lowest BCUT2D eigenvalue weighted by Gasteiger charge is -2.13. The van der Waals surface area contributed by atoms with Gasteiger partial charge in [0.1, 0.15) is 17.3 Å². The molecule has 2 N–H and O–H groups in total. The average molecular weight is 257 g/mol. The van der Waals surface area contributed by atoms with Gasteiger partial charge in [0.2, 0.25) is 5.91 Å². The molecule has 0 aliphatic carbocycles. The molecule has 0 saturated heterocycles. The minimum Gasteiger partial charge on any atom is -0.369 e. The van der Waals surface area contributed by atoms with Gasteiger partial charge in [0.05, 0.1) is 0 Å². The highest BCUT2D eigenvalue weighted by atomic mass is 35.5. The Kier molecular flexibility index (Phi) is 5.15. The molecule has 1 heterocycles. The van der Waals surface area contributed by atoms with E-state index in [1.807, 2.05) is 13.8 Å². The van der Waals surface area contributed by atoms with Crippen molar-refractivity contribution in [1.29, 1.82) is 0 Å². The molecule has 0 fully saturated rings. The number of halogens is 1. The maximum absolute atomic E-state index is 11.1. The number of hydrogen-bond donors (Lipinski definition) is 2. The summed E-state index contributed by atoms with van der Waals surface area (Å²) in [6, 6.07) is 0. The zero-order valence-corrected chi connectivity index (χ0v) is 11.0. The Bertz CT molecular complexity index is 395. The largest absolute Gasteiger partial charge is 0.369 e. The van der Waals surface area contributed by atoms with Gasteiger partial charge in [0.15, 0.2) is 0 Å². The first-order valence-electron chi connectivity index (χ1n) is 5.51. The molecule has 0 aliphatic rings. The molecule has 0 spiro atoms. The van der Waals surface area contributed by atoms with Gasteiger partial charge in [-0.25, -0.2) is 9.97 Å². The standard InChI is InChI=1S/C11H17ClN4O/c1-7(2)9-10(12)15-6-16-11(9)14-5-4-8(17)13-3/h6-7H,4-5H2,1-3H3,(H,13,17)(H,14,15,16). The molecule has 0 saturated carbocycles. The third-order valence-corrected chi connectivity index (χ3v) is 2.64. The highest BCUT2D eigenvalue weighted by Crippen LogP contribution is 2.27. The summed E-state index contributed by atoms with van der Waals surface area (Å²) in [5.41, 5.74) is 0.881. The van der Waals surface area contributed by atoms with Crippen LogP contribution in [0, 0.1) is 0 Å². The molecule has 0 unspecified atom stereocenters. The van der Waals surface area contributed by atoms with E-state index in [9.17, 15) is 4.79 Å². The summed E-state index contributed by atoms with van der Waals surface area (Å²) in [6.07, 6.45) is 1.81. The van der Waals surface area contributed by atoms with E-state index in [0.717, 1.165) is 5.56 Å². The zero-order chi connectivity index (χ0) is 12.8. The van der Waals surface area contributed by atoms with Crippen LogP contribution in [-0.2, 0) is 4.79 Å². The van der Waals surface area contributed by atoms with E-state index >= 15 is 0 Å². The van der Waals surface area contributed by atoms with Crippen molar-refractivity contribution in [2.24, 2.45) is 0 Å². The number of hydrogen-bond acceptors (Lipinski definition) is 4. The number of rotatable bonds is 5. The van der Waals surface area contributed by atoms with E-state index in [1.54, 1.807) is 7.05 Å². The zero-order valence-electron chi connectivity index (χ0n) is 10.2. The summed E-state index contributed by atoms with van der Waals surface area (Å²) in [4.78, 5) is 19.2. The predicted octanol–water partition coefficient (Wildman–Crippen LogP) is 1.80. The van der Waals surface area contributed by atoms with E-state index in [0.29, 0.717) is 23.9 Å². The number of nitrogens with one attached hydrogen (secondary N) is 2. The van der Waals surface area contributed by atoms with Crippen molar-refractivity contribution < 1.29 is 4.79 Å². The van der Waals surface area contributed by atoms with Crippen LogP contribution in [0.5, 0.6) is 0 Å². The molecule has 6 heteroatoms. The van der Waals surface area contributed by atoms with E-state index in [-0.39, 0.29) is 11.8 Å². The van der Waals surface area contributed by atoms with Crippen LogP contribution in [0.4, 0.5) is 5.82 Å². The Morgan fingerprint density at radius 1 is 1.47 bits per heavy atom. The number of anilines is 1. The van der Waals surface area contributed by atoms with Crippen LogP contribution in [-0.4, -0.2) is 29.5 Å². The number of amides is 1. The SMILES string of the molecule is CNC(=O)CCNc1ncnc(Cl)c1C(C)C. The topological polar surface area (TPSA) is 66.9 Å². The predicted molar refractivity (Wildman–Crippen MR) is 68.3 cm³/mol. The molecule has 1 aromatic rings. The summed E-state index contributed by atoms with van der Waals surface area (Å²) in [5, 5.41) is 6.12. The fourth-order valence-corrected chi connectivity index (χ4v) is 1.80. The molecule has 0 atom stereocenters. The van der Waals surface area contributed by atoms with Crippen LogP contribution >= 0.6 is 11.6 Å². The van der Waals surface area contributed by atoms with Gasteiger partial charge in [0.25, 0.3) is 0 Å². The number of carbonyl (C=O) groups excluding carboxylic acids is 1. The molecule has 0 aromatic carbocycles. The van der Waals surface area contributed by atoms with E-state index in [2.05, 4.69) is 20.6 Å². The summed E-state index contributed by atoms with van der Waals surface area (Å²) < 4.78 is 0. The average Bonchev–Trinajstić information content (AvgIpc) is 2.28. The van der Waals surface area contributed by atoms with Crippen molar-refractivity contribution in [3.05, 3.63) is 17.0 Å². The molecule has 1 rings (SSSR count). The Morgan fingerprint density at radius 3 is 2.76 bits per heavy atom. The van der Waals surface area contributed by atoms with Crippen LogP contribution in [0.15, 0.2) is 6.33 Å². The van der Waals surface area contributed by atoms with E-state index in [4.69, 9.17) is 11.6 Å². The summed E-state index contributed by atoms with van der Waals surface area (Å²) >= 11 is 6.02. The number of carbonyl (C=O) groups is 1. The number of nitrogens with zero attached hydrogens (tertiary/aromatic N) is 2. The first kappa shape index (κ1) is 13.7. The lowest BCUT2D eigenvalue weighted by Crippen LogP contribution is -2.21. The van der Waals surface area contributed by atoms with Crippen molar-refractivity contribution in [3.8, 4) is 0 Å². The van der Waals surface area contributed by atoms with Gasteiger partial charge in [-0.05, 0) is 5.92 Å². The minimum absolute atomic E-state index is 0.0104. The Morgan fingerprint density at radius 2 is 2.18 bits per heavy atom. The highest BCUT2D eigenvalue weighted by Gasteiger charge is 2.13. The Labute approximate surface area is 106 Å². The maximum atomic E-state index is 11.1. The van der Waals surface area contributed by atoms with Crippen molar-refractivity contribution in [1.82, 2.24) is 15.3 Å². The van der Waals surface area contributed by atoms with Gasteiger partial charge in [0, 0.05) is 25.6 Å². The lowest BCUT2D eigenvalue weighted by molar-refractivity contribution is -0.120. The molecule has 17 heavy (non-hydrogen) atoms. The third-order valence-electron chi connectivity index (χ3n) is 2.34. The van der Waals surface area contributed by atoms with Crippen molar-refractivity contribution in [3.63, 3.8) is 0 Å². The van der Waals surface area contributed by atoms with Crippen molar-refractivity contribution in [2.45, 2.75) is 26.2 Å².